The Hall–Kier alpha value is -2.77. The summed E-state index contributed by atoms with van der Waals surface area (Å²) >= 11 is 6.40. The van der Waals surface area contributed by atoms with Gasteiger partial charge < -0.3 is 24.4 Å². The molecule has 2 aromatic rings. The molecular formula is C24H29ClN2O5. The Kier molecular flexibility index (Phi) is 8.76. The van der Waals surface area contributed by atoms with Crippen LogP contribution in [0, 0.1) is 0 Å². The number of morpholine rings is 1. The molecule has 7 nitrogen and oxygen atoms in total. The molecule has 1 N–H and O–H groups in total. The SMILES string of the molecule is CCCCOc1c(Cl)cc(C(=O)Nc2cccc(C(=O)N3CCOCC3)c2)cc1OCC. The maximum absolute atomic E-state index is 12.9. The maximum atomic E-state index is 12.9. The highest BCUT2D eigenvalue weighted by atomic mass is 35.5. The molecule has 3 rings (SSSR count). The minimum Gasteiger partial charge on any atom is -0.490 e. The molecule has 0 spiro atoms. The van der Waals surface area contributed by atoms with E-state index < -0.39 is 0 Å². The van der Waals surface area contributed by atoms with E-state index >= 15 is 0 Å². The van der Waals surface area contributed by atoms with Crippen LogP contribution in [0.15, 0.2) is 36.4 Å². The standard InChI is InChI=1S/C24H29ClN2O5/c1-3-5-11-32-22-20(25)15-18(16-21(22)31-4-2)23(28)26-19-8-6-7-17(14-19)24(29)27-9-12-30-13-10-27/h6-8,14-16H,3-5,9-13H2,1-2H3,(H,26,28). The van der Waals surface area contributed by atoms with Crippen LogP contribution < -0.4 is 14.8 Å². The monoisotopic (exact) mass is 460 g/mol. The molecule has 0 saturated carbocycles. The van der Waals surface area contributed by atoms with Crippen molar-refractivity contribution in [2.24, 2.45) is 0 Å². The van der Waals surface area contributed by atoms with Crippen molar-refractivity contribution in [3.05, 3.63) is 52.5 Å². The number of benzene rings is 2. The fourth-order valence-corrected chi connectivity index (χ4v) is 3.57. The number of carbonyl (C=O) groups excluding carboxylic acids is 2. The van der Waals surface area contributed by atoms with Crippen molar-refractivity contribution in [1.29, 1.82) is 0 Å². The molecule has 32 heavy (non-hydrogen) atoms. The molecule has 2 aromatic carbocycles. The van der Waals surface area contributed by atoms with Crippen LogP contribution in [0.25, 0.3) is 0 Å². The van der Waals surface area contributed by atoms with E-state index in [2.05, 4.69) is 12.2 Å². The first-order chi connectivity index (χ1) is 15.5. The molecule has 0 radical (unpaired) electrons. The molecule has 1 fully saturated rings. The van der Waals surface area contributed by atoms with Gasteiger partial charge in [-0.2, -0.15) is 0 Å². The lowest BCUT2D eigenvalue weighted by Crippen LogP contribution is -2.40. The quantitative estimate of drug-likeness (QED) is 0.551. The zero-order valence-corrected chi connectivity index (χ0v) is 19.2. The average molecular weight is 461 g/mol. The number of halogens is 1. The van der Waals surface area contributed by atoms with Crippen LogP contribution in [0.2, 0.25) is 5.02 Å². The molecule has 8 heteroatoms. The first kappa shape index (κ1) is 23.9. The van der Waals surface area contributed by atoms with Crippen molar-refractivity contribution in [1.82, 2.24) is 4.90 Å². The van der Waals surface area contributed by atoms with Crippen LogP contribution in [0.3, 0.4) is 0 Å². The highest BCUT2D eigenvalue weighted by molar-refractivity contribution is 6.32. The van der Waals surface area contributed by atoms with Crippen molar-refractivity contribution < 1.29 is 23.8 Å². The zero-order chi connectivity index (χ0) is 22.9. The van der Waals surface area contributed by atoms with Gasteiger partial charge in [0.15, 0.2) is 11.5 Å². The van der Waals surface area contributed by atoms with Crippen molar-refractivity contribution in [2.45, 2.75) is 26.7 Å². The summed E-state index contributed by atoms with van der Waals surface area (Å²) in [7, 11) is 0. The Bertz CT molecular complexity index is 944. The van der Waals surface area contributed by atoms with E-state index in [1.165, 1.54) is 0 Å². The van der Waals surface area contributed by atoms with Gasteiger partial charge in [-0.05, 0) is 43.7 Å². The summed E-state index contributed by atoms with van der Waals surface area (Å²) in [4.78, 5) is 27.4. The highest BCUT2D eigenvalue weighted by Crippen LogP contribution is 2.37. The first-order valence-electron chi connectivity index (χ1n) is 10.9. The number of amides is 2. The van der Waals surface area contributed by atoms with Gasteiger partial charge in [0.1, 0.15) is 0 Å². The van der Waals surface area contributed by atoms with E-state index in [4.69, 9.17) is 25.8 Å². The molecule has 0 aliphatic carbocycles. The summed E-state index contributed by atoms with van der Waals surface area (Å²) in [6.45, 7) is 7.04. The lowest BCUT2D eigenvalue weighted by Gasteiger charge is -2.27. The van der Waals surface area contributed by atoms with E-state index in [1.54, 1.807) is 41.3 Å². The minimum atomic E-state index is -0.357. The van der Waals surface area contributed by atoms with Crippen LogP contribution in [-0.2, 0) is 4.74 Å². The number of rotatable bonds is 9. The summed E-state index contributed by atoms with van der Waals surface area (Å²) < 4.78 is 16.7. The van der Waals surface area contributed by atoms with Crippen molar-refractivity contribution in [3.63, 3.8) is 0 Å². The minimum absolute atomic E-state index is 0.0837. The first-order valence-corrected chi connectivity index (χ1v) is 11.3. The van der Waals surface area contributed by atoms with Gasteiger partial charge in [0.05, 0.1) is 31.5 Å². The van der Waals surface area contributed by atoms with Gasteiger partial charge in [-0.3, -0.25) is 9.59 Å². The van der Waals surface area contributed by atoms with Crippen LogP contribution >= 0.6 is 11.6 Å². The van der Waals surface area contributed by atoms with Crippen molar-refractivity contribution in [3.8, 4) is 11.5 Å². The van der Waals surface area contributed by atoms with Gasteiger partial charge in [-0.15, -0.1) is 0 Å². The van der Waals surface area contributed by atoms with E-state index in [0.717, 1.165) is 12.8 Å². The summed E-state index contributed by atoms with van der Waals surface area (Å²) in [6, 6.07) is 10.1. The van der Waals surface area contributed by atoms with Crippen LogP contribution in [-0.4, -0.2) is 56.2 Å². The Morgan fingerprint density at radius 1 is 1.09 bits per heavy atom. The number of anilines is 1. The number of hydrogen-bond donors (Lipinski definition) is 1. The lowest BCUT2D eigenvalue weighted by molar-refractivity contribution is 0.0303. The molecule has 0 unspecified atom stereocenters. The number of ether oxygens (including phenoxy) is 3. The van der Waals surface area contributed by atoms with Crippen LogP contribution in [0.4, 0.5) is 5.69 Å². The molecule has 0 bridgehead atoms. The Morgan fingerprint density at radius 2 is 1.88 bits per heavy atom. The normalized spacial score (nSPS) is 13.5. The second kappa shape index (κ2) is 11.7. The summed E-state index contributed by atoms with van der Waals surface area (Å²) in [6.07, 6.45) is 1.89. The van der Waals surface area contributed by atoms with Crippen LogP contribution in [0.5, 0.6) is 11.5 Å². The topological polar surface area (TPSA) is 77.1 Å². The Labute approximate surface area is 193 Å². The maximum Gasteiger partial charge on any atom is 0.255 e. The van der Waals surface area contributed by atoms with Crippen molar-refractivity contribution >= 4 is 29.1 Å². The predicted molar refractivity (Wildman–Crippen MR) is 124 cm³/mol. The third-order valence-electron chi connectivity index (χ3n) is 4.98. The number of nitrogens with zero attached hydrogens (tertiary/aromatic N) is 1. The molecule has 1 aliphatic rings. The van der Waals surface area contributed by atoms with Crippen molar-refractivity contribution in [2.75, 3.05) is 44.8 Å². The smallest absolute Gasteiger partial charge is 0.255 e. The second-order valence-corrected chi connectivity index (χ2v) is 7.77. The number of nitrogens with one attached hydrogen (secondary N) is 1. The van der Waals surface area contributed by atoms with Gasteiger partial charge in [0, 0.05) is 29.9 Å². The predicted octanol–water partition coefficient (Wildman–Crippen LogP) is 4.64. The summed E-state index contributed by atoms with van der Waals surface area (Å²) in [5, 5.41) is 3.15. The number of hydrogen-bond acceptors (Lipinski definition) is 5. The van der Waals surface area contributed by atoms with Crippen LogP contribution in [0.1, 0.15) is 47.4 Å². The lowest BCUT2D eigenvalue weighted by atomic mass is 10.1. The molecule has 1 aliphatic heterocycles. The summed E-state index contributed by atoms with van der Waals surface area (Å²) in [5.41, 5.74) is 1.37. The van der Waals surface area contributed by atoms with Gasteiger partial charge in [0.25, 0.3) is 11.8 Å². The average Bonchev–Trinajstić information content (AvgIpc) is 2.81. The van der Waals surface area contributed by atoms with E-state index in [0.29, 0.717) is 72.9 Å². The number of unbranched alkanes of at least 4 members (excludes halogenated alkanes) is 1. The fourth-order valence-electron chi connectivity index (χ4n) is 3.30. The fraction of sp³-hybridized carbons (Fsp3) is 0.417. The summed E-state index contributed by atoms with van der Waals surface area (Å²) in [5.74, 6) is 0.428. The second-order valence-electron chi connectivity index (χ2n) is 7.36. The van der Waals surface area contributed by atoms with Gasteiger partial charge >= 0.3 is 0 Å². The van der Waals surface area contributed by atoms with Gasteiger partial charge in [-0.1, -0.05) is 31.0 Å². The number of carbonyl (C=O) groups is 2. The third kappa shape index (κ3) is 6.14. The van der Waals surface area contributed by atoms with E-state index in [9.17, 15) is 9.59 Å². The largest absolute Gasteiger partial charge is 0.490 e. The molecule has 0 atom stereocenters. The van der Waals surface area contributed by atoms with Gasteiger partial charge in [-0.25, -0.2) is 0 Å². The Morgan fingerprint density at radius 3 is 2.59 bits per heavy atom. The highest BCUT2D eigenvalue weighted by Gasteiger charge is 2.20. The molecule has 2 amide bonds. The molecular weight excluding hydrogens is 432 g/mol. The third-order valence-corrected chi connectivity index (χ3v) is 5.26. The van der Waals surface area contributed by atoms with E-state index in [-0.39, 0.29) is 11.8 Å². The molecule has 172 valence electrons. The van der Waals surface area contributed by atoms with Gasteiger partial charge in [0.2, 0.25) is 0 Å². The van der Waals surface area contributed by atoms with E-state index in [1.807, 2.05) is 6.92 Å². The Balaban J connectivity index is 1.75. The zero-order valence-electron chi connectivity index (χ0n) is 18.5. The molecule has 1 heterocycles. The molecule has 0 aromatic heterocycles. The molecule has 1 saturated heterocycles.